The van der Waals surface area contributed by atoms with E-state index in [9.17, 15) is 14.4 Å². The number of amides is 2. The number of rotatable bonds is 11. The van der Waals surface area contributed by atoms with Crippen LogP contribution >= 0.6 is 0 Å². The van der Waals surface area contributed by atoms with Crippen molar-refractivity contribution in [3.8, 4) is 11.5 Å². The van der Waals surface area contributed by atoms with Crippen molar-refractivity contribution in [2.24, 2.45) is 5.92 Å². The first kappa shape index (κ1) is 29.3. The van der Waals surface area contributed by atoms with E-state index in [0.29, 0.717) is 37.5 Å². The predicted octanol–water partition coefficient (Wildman–Crippen LogP) is 5.08. The summed E-state index contributed by atoms with van der Waals surface area (Å²) in [6.45, 7) is 9.18. The minimum Gasteiger partial charge on any atom is -0.478 e. The number of carbonyl (C=O) groups excluding carboxylic acids is 2. The van der Waals surface area contributed by atoms with E-state index in [1.54, 1.807) is 24.3 Å². The third kappa shape index (κ3) is 7.10. The minimum atomic E-state index is -0.983. The van der Waals surface area contributed by atoms with Crippen molar-refractivity contribution in [2.75, 3.05) is 19.6 Å². The summed E-state index contributed by atoms with van der Waals surface area (Å²) in [5.41, 5.74) is 1.20. The molecule has 2 aromatic rings. The van der Waals surface area contributed by atoms with E-state index in [1.165, 1.54) is 6.08 Å². The molecule has 40 heavy (non-hydrogen) atoms. The van der Waals surface area contributed by atoms with Gasteiger partial charge in [-0.25, -0.2) is 4.79 Å². The molecule has 8 heteroatoms. The Morgan fingerprint density at radius 3 is 2.27 bits per heavy atom. The lowest BCUT2D eigenvalue weighted by Gasteiger charge is -2.52. The standard InChI is InChI=1S/C32H41N3O5/c1-4-5-18-35-30(38)28(21-23(2)3)33-31(39)32(35)16-19-34(20-17-32)22-25-8-13-27(14-9-25)40-26-11-6-24(7-12-26)10-15-29(36)37/h6-15,23,28H,4-5,16-22H2,1-3H3,(H,33,39)(H,36,37)/b15-10+. The number of ether oxygens (including phenoxy) is 1. The molecule has 0 bridgehead atoms. The highest BCUT2D eigenvalue weighted by Crippen LogP contribution is 2.35. The predicted molar refractivity (Wildman–Crippen MR) is 155 cm³/mol. The van der Waals surface area contributed by atoms with Crippen LogP contribution in [0, 0.1) is 5.92 Å². The highest BCUT2D eigenvalue weighted by Gasteiger charge is 2.53. The summed E-state index contributed by atoms with van der Waals surface area (Å²) in [5, 5.41) is 11.8. The molecule has 2 aromatic carbocycles. The van der Waals surface area contributed by atoms with E-state index in [1.807, 2.05) is 29.2 Å². The van der Waals surface area contributed by atoms with E-state index in [0.717, 1.165) is 55.4 Å². The number of piperidine rings is 1. The summed E-state index contributed by atoms with van der Waals surface area (Å²) in [4.78, 5) is 41.8. The van der Waals surface area contributed by atoms with E-state index in [2.05, 4.69) is 31.0 Å². The van der Waals surface area contributed by atoms with Crippen molar-refractivity contribution in [2.45, 2.75) is 71.0 Å². The van der Waals surface area contributed by atoms with Crippen molar-refractivity contribution in [3.63, 3.8) is 0 Å². The molecular formula is C32H41N3O5. The highest BCUT2D eigenvalue weighted by atomic mass is 16.5. The number of hydrogen-bond donors (Lipinski definition) is 2. The molecular weight excluding hydrogens is 506 g/mol. The number of likely N-dealkylation sites (tertiary alicyclic amines) is 1. The van der Waals surface area contributed by atoms with Crippen LogP contribution in [0.3, 0.4) is 0 Å². The number of carbonyl (C=O) groups is 3. The summed E-state index contributed by atoms with van der Waals surface area (Å²) in [6, 6.07) is 14.8. The number of nitrogens with one attached hydrogen (secondary N) is 1. The zero-order valence-electron chi connectivity index (χ0n) is 23.8. The maximum Gasteiger partial charge on any atom is 0.328 e. The molecule has 2 aliphatic rings. The van der Waals surface area contributed by atoms with Crippen LogP contribution in [-0.2, 0) is 20.9 Å². The highest BCUT2D eigenvalue weighted by molar-refractivity contribution is 6.00. The normalized spacial score (nSPS) is 19.4. The molecule has 2 N–H and O–H groups in total. The molecule has 1 unspecified atom stereocenters. The van der Waals surface area contributed by atoms with Gasteiger partial charge in [-0.2, -0.15) is 0 Å². The van der Waals surface area contributed by atoms with Crippen LogP contribution in [0.2, 0.25) is 0 Å². The van der Waals surface area contributed by atoms with Crippen LogP contribution in [0.4, 0.5) is 0 Å². The lowest BCUT2D eigenvalue weighted by molar-refractivity contribution is -0.161. The molecule has 0 saturated carbocycles. The van der Waals surface area contributed by atoms with Gasteiger partial charge in [0.15, 0.2) is 0 Å². The summed E-state index contributed by atoms with van der Waals surface area (Å²) < 4.78 is 5.94. The largest absolute Gasteiger partial charge is 0.478 e. The van der Waals surface area contributed by atoms with Crippen molar-refractivity contribution in [1.82, 2.24) is 15.1 Å². The number of benzene rings is 2. The Kier molecular flexibility index (Phi) is 9.63. The van der Waals surface area contributed by atoms with Gasteiger partial charge in [0.1, 0.15) is 23.1 Å². The number of nitrogens with zero attached hydrogens (tertiary/aromatic N) is 2. The fourth-order valence-corrected chi connectivity index (χ4v) is 5.60. The molecule has 2 heterocycles. The molecule has 0 radical (unpaired) electrons. The van der Waals surface area contributed by atoms with Crippen LogP contribution < -0.4 is 10.1 Å². The van der Waals surface area contributed by atoms with Crippen LogP contribution in [-0.4, -0.2) is 63.9 Å². The van der Waals surface area contributed by atoms with Gasteiger partial charge in [0.25, 0.3) is 0 Å². The molecule has 1 spiro atoms. The Labute approximate surface area is 237 Å². The lowest BCUT2D eigenvalue weighted by Crippen LogP contribution is -2.73. The summed E-state index contributed by atoms with van der Waals surface area (Å²) in [6.07, 6.45) is 6.48. The summed E-state index contributed by atoms with van der Waals surface area (Å²) in [7, 11) is 0. The molecule has 2 fully saturated rings. The molecule has 2 saturated heterocycles. The summed E-state index contributed by atoms with van der Waals surface area (Å²) >= 11 is 0. The second kappa shape index (κ2) is 13.1. The van der Waals surface area contributed by atoms with E-state index >= 15 is 0 Å². The van der Waals surface area contributed by atoms with Gasteiger partial charge in [-0.15, -0.1) is 0 Å². The van der Waals surface area contributed by atoms with Crippen molar-refractivity contribution in [3.05, 3.63) is 65.7 Å². The second-order valence-corrected chi connectivity index (χ2v) is 11.3. The number of aliphatic carboxylic acids is 1. The molecule has 4 rings (SSSR count). The van der Waals surface area contributed by atoms with Gasteiger partial charge in [0, 0.05) is 32.3 Å². The van der Waals surface area contributed by atoms with E-state index < -0.39 is 17.6 Å². The molecule has 2 amide bonds. The fourth-order valence-electron chi connectivity index (χ4n) is 5.60. The first-order valence-corrected chi connectivity index (χ1v) is 14.3. The topological polar surface area (TPSA) is 99.2 Å². The molecule has 1 atom stereocenters. The minimum absolute atomic E-state index is 0.0148. The zero-order chi connectivity index (χ0) is 28.7. The number of piperazine rings is 1. The zero-order valence-corrected chi connectivity index (χ0v) is 23.8. The lowest BCUT2D eigenvalue weighted by atomic mass is 9.80. The average molecular weight is 548 g/mol. The van der Waals surface area contributed by atoms with Gasteiger partial charge in [0.05, 0.1) is 0 Å². The number of unbranched alkanes of at least 4 members (excludes halogenated alkanes) is 1. The third-order valence-electron chi connectivity index (χ3n) is 7.80. The quantitative estimate of drug-likeness (QED) is 0.381. The molecule has 8 nitrogen and oxygen atoms in total. The van der Waals surface area contributed by atoms with Crippen molar-refractivity contribution < 1.29 is 24.2 Å². The Bertz CT molecular complexity index is 1200. The van der Waals surface area contributed by atoms with Crippen LogP contribution in [0.1, 0.15) is 64.0 Å². The van der Waals surface area contributed by atoms with E-state index in [4.69, 9.17) is 9.84 Å². The Morgan fingerprint density at radius 1 is 1.07 bits per heavy atom. The third-order valence-corrected chi connectivity index (χ3v) is 7.80. The first-order valence-electron chi connectivity index (χ1n) is 14.3. The second-order valence-electron chi connectivity index (χ2n) is 11.3. The van der Waals surface area contributed by atoms with Gasteiger partial charge < -0.3 is 20.1 Å². The Morgan fingerprint density at radius 2 is 1.70 bits per heavy atom. The van der Waals surface area contributed by atoms with Gasteiger partial charge in [0.2, 0.25) is 11.8 Å². The van der Waals surface area contributed by atoms with Crippen molar-refractivity contribution >= 4 is 23.9 Å². The Balaban J connectivity index is 1.34. The van der Waals surface area contributed by atoms with Gasteiger partial charge >= 0.3 is 5.97 Å². The van der Waals surface area contributed by atoms with Gasteiger partial charge in [-0.3, -0.25) is 14.5 Å². The maximum absolute atomic E-state index is 13.5. The number of carboxylic acids is 1. The van der Waals surface area contributed by atoms with Crippen molar-refractivity contribution in [1.29, 1.82) is 0 Å². The van der Waals surface area contributed by atoms with Crippen LogP contribution in [0.25, 0.3) is 6.08 Å². The SMILES string of the molecule is CCCCN1C(=O)C(CC(C)C)NC(=O)C12CCN(Cc1ccc(Oc3ccc(/C=C/C(=O)O)cc3)cc1)CC2. The average Bonchev–Trinajstić information content (AvgIpc) is 2.93. The van der Waals surface area contributed by atoms with Gasteiger partial charge in [-0.1, -0.05) is 51.5 Å². The first-order chi connectivity index (χ1) is 19.2. The molecule has 0 aliphatic carbocycles. The monoisotopic (exact) mass is 547 g/mol. The number of hydrogen-bond acceptors (Lipinski definition) is 5. The fraction of sp³-hybridized carbons (Fsp3) is 0.469. The van der Waals surface area contributed by atoms with Crippen LogP contribution in [0.5, 0.6) is 11.5 Å². The van der Waals surface area contributed by atoms with Crippen LogP contribution in [0.15, 0.2) is 54.6 Å². The Hall–Kier alpha value is -3.65. The van der Waals surface area contributed by atoms with Gasteiger partial charge in [-0.05, 0) is 73.1 Å². The molecule has 214 valence electrons. The van der Waals surface area contributed by atoms with E-state index in [-0.39, 0.29) is 11.8 Å². The molecule has 2 aliphatic heterocycles. The smallest absolute Gasteiger partial charge is 0.328 e. The summed E-state index contributed by atoms with van der Waals surface area (Å²) in [5.74, 6) is 0.838. The maximum atomic E-state index is 13.5. The molecule has 0 aromatic heterocycles. The number of carboxylic acid groups (broad SMARTS) is 1.